The fourth-order valence-electron chi connectivity index (χ4n) is 2.99. The van der Waals surface area contributed by atoms with E-state index in [9.17, 15) is 4.79 Å². The molecular weight excluding hydrogens is 322 g/mol. The van der Waals surface area contributed by atoms with Crippen molar-refractivity contribution in [3.8, 4) is 0 Å². The minimum absolute atomic E-state index is 0.127. The number of carbonyl (C=O) groups is 1. The molecule has 1 aromatic carbocycles. The van der Waals surface area contributed by atoms with Gasteiger partial charge in [-0.2, -0.15) is 0 Å². The third-order valence-corrected chi connectivity index (χ3v) is 5.22. The number of fused-ring (bicyclic) bond motifs is 1. The van der Waals surface area contributed by atoms with Crippen molar-refractivity contribution >= 4 is 17.5 Å². The molecule has 2 heterocycles. The van der Waals surface area contributed by atoms with E-state index in [1.807, 2.05) is 22.8 Å². The summed E-state index contributed by atoms with van der Waals surface area (Å²) in [6.45, 7) is 0.565. The second-order valence-corrected chi connectivity index (χ2v) is 6.81. The van der Waals surface area contributed by atoms with E-state index in [1.165, 1.54) is 29.3 Å². The van der Waals surface area contributed by atoms with Gasteiger partial charge in [-0.1, -0.05) is 23.9 Å². The fraction of sp³-hybridized carbons (Fsp3) is 0.278. The number of furan rings is 1. The van der Waals surface area contributed by atoms with Crippen LogP contribution in [-0.4, -0.2) is 26.3 Å². The molecule has 0 bridgehead atoms. The summed E-state index contributed by atoms with van der Waals surface area (Å²) in [6, 6.07) is 9.85. The number of aryl methyl sites for hydroxylation is 2. The van der Waals surface area contributed by atoms with E-state index in [0.717, 1.165) is 29.3 Å². The molecule has 1 aliphatic carbocycles. The molecule has 0 saturated heterocycles. The molecule has 3 aromatic rings. The van der Waals surface area contributed by atoms with E-state index in [-0.39, 0.29) is 5.78 Å². The third kappa shape index (κ3) is 3.14. The molecule has 122 valence electrons. The van der Waals surface area contributed by atoms with Crippen molar-refractivity contribution in [2.24, 2.45) is 0 Å². The Bertz CT molecular complexity index is 855. The molecule has 0 amide bonds. The number of carbonyl (C=O) groups excluding carboxylic acids is 1. The average Bonchev–Trinajstić information content (AvgIpc) is 3.34. The molecule has 0 N–H and O–H groups in total. The topological polar surface area (TPSA) is 60.9 Å². The van der Waals surface area contributed by atoms with Gasteiger partial charge in [0, 0.05) is 5.56 Å². The number of thioether (sulfide) groups is 1. The molecule has 0 unspecified atom stereocenters. The van der Waals surface area contributed by atoms with Crippen LogP contribution in [-0.2, 0) is 19.4 Å². The van der Waals surface area contributed by atoms with Crippen LogP contribution in [0.3, 0.4) is 0 Å². The molecule has 4 rings (SSSR count). The van der Waals surface area contributed by atoms with Gasteiger partial charge in [-0.05, 0) is 48.6 Å². The predicted octanol–water partition coefficient (Wildman–Crippen LogP) is 3.38. The molecule has 0 saturated carbocycles. The summed E-state index contributed by atoms with van der Waals surface area (Å²) in [6.07, 6.45) is 6.71. The first kappa shape index (κ1) is 15.2. The number of nitrogens with zero attached hydrogens (tertiary/aromatic N) is 3. The Morgan fingerprint density at radius 3 is 3.04 bits per heavy atom. The van der Waals surface area contributed by atoms with Gasteiger partial charge in [0.2, 0.25) is 0 Å². The van der Waals surface area contributed by atoms with Crippen LogP contribution >= 0.6 is 11.8 Å². The Hall–Kier alpha value is -2.34. The number of ketones is 1. The van der Waals surface area contributed by atoms with Crippen molar-refractivity contribution in [1.82, 2.24) is 14.8 Å². The Labute approximate surface area is 144 Å². The average molecular weight is 339 g/mol. The van der Waals surface area contributed by atoms with E-state index >= 15 is 0 Å². The van der Waals surface area contributed by atoms with Gasteiger partial charge in [-0.3, -0.25) is 4.79 Å². The van der Waals surface area contributed by atoms with Crippen LogP contribution in [0.15, 0.2) is 52.5 Å². The van der Waals surface area contributed by atoms with Gasteiger partial charge in [-0.15, -0.1) is 10.2 Å². The molecular formula is C18H17N3O2S. The SMILES string of the molecule is O=C(CSc1nncn1Cc1ccco1)c1ccc2c(c1)CCC2. The third-order valence-electron chi connectivity index (χ3n) is 4.24. The fourth-order valence-corrected chi connectivity index (χ4v) is 3.80. The first-order valence-corrected chi connectivity index (χ1v) is 8.96. The summed E-state index contributed by atoms with van der Waals surface area (Å²) >= 11 is 1.41. The molecule has 5 nitrogen and oxygen atoms in total. The minimum atomic E-state index is 0.127. The van der Waals surface area contributed by atoms with Crippen molar-refractivity contribution in [2.45, 2.75) is 31.0 Å². The number of benzene rings is 1. The van der Waals surface area contributed by atoms with E-state index in [4.69, 9.17) is 4.42 Å². The lowest BCUT2D eigenvalue weighted by Gasteiger charge is -2.06. The van der Waals surface area contributed by atoms with Gasteiger partial charge in [0.15, 0.2) is 10.9 Å². The van der Waals surface area contributed by atoms with Crippen LogP contribution in [0.25, 0.3) is 0 Å². The highest BCUT2D eigenvalue weighted by Crippen LogP contribution is 2.24. The van der Waals surface area contributed by atoms with E-state index in [1.54, 1.807) is 12.6 Å². The number of hydrogen-bond acceptors (Lipinski definition) is 5. The van der Waals surface area contributed by atoms with Crippen LogP contribution in [0.5, 0.6) is 0 Å². The molecule has 24 heavy (non-hydrogen) atoms. The molecule has 0 aliphatic heterocycles. The van der Waals surface area contributed by atoms with Gasteiger partial charge in [0.1, 0.15) is 12.1 Å². The van der Waals surface area contributed by atoms with Crippen LogP contribution < -0.4 is 0 Å². The normalized spacial score (nSPS) is 13.2. The first-order valence-electron chi connectivity index (χ1n) is 7.97. The zero-order chi connectivity index (χ0) is 16.4. The quantitative estimate of drug-likeness (QED) is 0.509. The van der Waals surface area contributed by atoms with E-state index < -0.39 is 0 Å². The number of hydrogen-bond donors (Lipinski definition) is 0. The Kier molecular flexibility index (Phi) is 4.21. The smallest absolute Gasteiger partial charge is 0.191 e. The number of rotatable bonds is 6. The van der Waals surface area contributed by atoms with E-state index in [0.29, 0.717) is 12.3 Å². The van der Waals surface area contributed by atoms with Gasteiger partial charge < -0.3 is 8.98 Å². The standard InChI is InChI=1S/C18H17N3O2S/c22-17(15-7-6-13-3-1-4-14(13)9-15)11-24-18-20-19-12-21(18)10-16-5-2-8-23-16/h2,5-9,12H,1,3-4,10-11H2. The molecule has 0 atom stereocenters. The summed E-state index contributed by atoms with van der Waals surface area (Å²) in [4.78, 5) is 12.5. The summed E-state index contributed by atoms with van der Waals surface area (Å²) < 4.78 is 7.24. The largest absolute Gasteiger partial charge is 0.467 e. The second kappa shape index (κ2) is 6.65. The monoisotopic (exact) mass is 339 g/mol. The Morgan fingerprint density at radius 2 is 2.17 bits per heavy atom. The van der Waals surface area contributed by atoms with Crippen molar-refractivity contribution in [3.63, 3.8) is 0 Å². The van der Waals surface area contributed by atoms with Gasteiger partial charge in [-0.25, -0.2) is 0 Å². The molecule has 6 heteroatoms. The van der Waals surface area contributed by atoms with Crippen LogP contribution in [0.2, 0.25) is 0 Å². The highest BCUT2D eigenvalue weighted by atomic mass is 32.2. The molecule has 0 radical (unpaired) electrons. The van der Waals surface area contributed by atoms with Crippen LogP contribution in [0.4, 0.5) is 0 Å². The summed E-state index contributed by atoms with van der Waals surface area (Å²) in [5, 5.41) is 8.77. The lowest BCUT2D eigenvalue weighted by Crippen LogP contribution is -2.06. The second-order valence-electron chi connectivity index (χ2n) is 5.87. The van der Waals surface area contributed by atoms with Gasteiger partial charge >= 0.3 is 0 Å². The highest BCUT2D eigenvalue weighted by Gasteiger charge is 2.15. The summed E-state index contributed by atoms with van der Waals surface area (Å²) in [5.41, 5.74) is 3.50. The molecule has 0 fully saturated rings. The first-order chi connectivity index (χ1) is 11.8. The lowest BCUT2D eigenvalue weighted by atomic mass is 10.0. The maximum absolute atomic E-state index is 12.5. The van der Waals surface area contributed by atoms with Crippen LogP contribution in [0, 0.1) is 0 Å². The predicted molar refractivity (Wildman–Crippen MR) is 91.4 cm³/mol. The Balaban J connectivity index is 1.42. The molecule has 0 spiro atoms. The van der Waals surface area contributed by atoms with Crippen molar-refractivity contribution in [2.75, 3.05) is 5.75 Å². The number of Topliss-reactive ketones (excluding diaryl/α,β-unsaturated/α-hetero) is 1. The minimum Gasteiger partial charge on any atom is -0.467 e. The van der Waals surface area contributed by atoms with Crippen molar-refractivity contribution in [3.05, 3.63) is 65.4 Å². The van der Waals surface area contributed by atoms with Gasteiger partial charge in [0.25, 0.3) is 0 Å². The van der Waals surface area contributed by atoms with E-state index in [2.05, 4.69) is 22.3 Å². The molecule has 1 aliphatic rings. The van der Waals surface area contributed by atoms with Gasteiger partial charge in [0.05, 0.1) is 18.6 Å². The zero-order valence-electron chi connectivity index (χ0n) is 13.1. The van der Waals surface area contributed by atoms with Crippen LogP contribution in [0.1, 0.15) is 33.7 Å². The maximum Gasteiger partial charge on any atom is 0.191 e. The van der Waals surface area contributed by atoms with Crippen molar-refractivity contribution < 1.29 is 9.21 Å². The number of aromatic nitrogens is 3. The summed E-state index contributed by atoms with van der Waals surface area (Å²) in [5.74, 6) is 1.32. The maximum atomic E-state index is 12.5. The lowest BCUT2D eigenvalue weighted by molar-refractivity contribution is 0.102. The van der Waals surface area contributed by atoms with Crippen molar-refractivity contribution in [1.29, 1.82) is 0 Å². The molecule has 2 aromatic heterocycles. The highest BCUT2D eigenvalue weighted by molar-refractivity contribution is 7.99. The zero-order valence-corrected chi connectivity index (χ0v) is 14.0. The Morgan fingerprint density at radius 1 is 1.25 bits per heavy atom. The summed E-state index contributed by atoms with van der Waals surface area (Å²) in [7, 11) is 0.